The summed E-state index contributed by atoms with van der Waals surface area (Å²) in [5.74, 6) is 0.701. The number of carbonyl (C=O) groups excluding carboxylic acids is 1. The molecule has 2 saturated heterocycles. The fourth-order valence-electron chi connectivity index (χ4n) is 4.32. The average Bonchev–Trinajstić information content (AvgIpc) is 2.47. The van der Waals surface area contributed by atoms with E-state index in [1.807, 2.05) is 0 Å². The molecule has 2 aliphatic heterocycles. The summed E-state index contributed by atoms with van der Waals surface area (Å²) < 4.78 is 0. The highest BCUT2D eigenvalue weighted by atomic mass is 35.5. The number of carbonyl (C=O) groups is 1. The highest BCUT2D eigenvalue weighted by Crippen LogP contribution is 2.41. The van der Waals surface area contributed by atoms with Gasteiger partial charge in [0, 0.05) is 25.0 Å². The Balaban J connectivity index is 0.00000161. The third kappa shape index (κ3) is 3.81. The number of rotatable bonds is 1. The largest absolute Gasteiger partial charge is 0.342 e. The van der Waals surface area contributed by atoms with Gasteiger partial charge in [0.15, 0.2) is 0 Å². The Kier molecular flexibility index (Phi) is 5.73. The first-order chi connectivity index (χ1) is 9.69. The monoisotopic (exact) mass is 312 g/mol. The highest BCUT2D eigenvalue weighted by molar-refractivity contribution is 5.85. The zero-order valence-corrected chi connectivity index (χ0v) is 14.0. The molecule has 120 valence electrons. The van der Waals surface area contributed by atoms with Crippen LogP contribution < -0.4 is 5.32 Å². The topological polar surface area (TPSA) is 32.3 Å². The van der Waals surface area contributed by atoms with E-state index in [9.17, 15) is 4.79 Å². The third-order valence-electron chi connectivity index (χ3n) is 5.50. The minimum atomic E-state index is 0. The minimum Gasteiger partial charge on any atom is -0.342 e. The molecule has 1 unspecified atom stereocenters. The molecule has 3 rings (SSSR count). The van der Waals surface area contributed by atoms with E-state index in [1.54, 1.807) is 0 Å². The smallest absolute Gasteiger partial charge is 0.225 e. The van der Waals surface area contributed by atoms with Crippen molar-refractivity contribution in [2.75, 3.05) is 19.6 Å². The number of hydrogen-bond acceptors (Lipinski definition) is 2. The highest BCUT2D eigenvalue weighted by Gasteiger charge is 2.38. The molecule has 0 radical (unpaired) electrons. The maximum Gasteiger partial charge on any atom is 0.225 e. The third-order valence-corrected chi connectivity index (χ3v) is 5.50. The van der Waals surface area contributed by atoms with Crippen LogP contribution in [0.1, 0.15) is 51.9 Å². The van der Waals surface area contributed by atoms with Crippen molar-refractivity contribution in [2.45, 2.75) is 57.9 Å². The molecular formula is C17H29ClN2O. The second-order valence-electron chi connectivity index (χ2n) is 7.15. The van der Waals surface area contributed by atoms with Crippen molar-refractivity contribution in [3.63, 3.8) is 0 Å². The number of nitrogens with one attached hydrogen (secondary N) is 1. The van der Waals surface area contributed by atoms with Crippen LogP contribution in [-0.2, 0) is 4.79 Å². The number of nitrogens with zero attached hydrogens (tertiary/aromatic N) is 1. The molecule has 0 bridgehead atoms. The molecule has 3 aliphatic rings. The normalized spacial score (nSPS) is 36.3. The van der Waals surface area contributed by atoms with E-state index in [1.165, 1.54) is 32.1 Å². The lowest BCUT2D eigenvalue weighted by Crippen LogP contribution is -2.50. The molecule has 2 heterocycles. The van der Waals surface area contributed by atoms with Gasteiger partial charge >= 0.3 is 0 Å². The van der Waals surface area contributed by atoms with Crippen LogP contribution in [0.3, 0.4) is 0 Å². The number of hydrogen-bond donors (Lipinski definition) is 1. The quantitative estimate of drug-likeness (QED) is 0.754. The molecule has 3 atom stereocenters. The van der Waals surface area contributed by atoms with E-state index in [4.69, 9.17) is 0 Å². The molecule has 21 heavy (non-hydrogen) atoms. The number of amides is 1. The number of likely N-dealkylation sites (tertiary alicyclic amines) is 1. The number of piperidine rings is 2. The molecule has 1 amide bonds. The van der Waals surface area contributed by atoms with Crippen LogP contribution in [-0.4, -0.2) is 36.5 Å². The molecule has 0 aromatic carbocycles. The Morgan fingerprint density at radius 1 is 1.33 bits per heavy atom. The van der Waals surface area contributed by atoms with Crippen LogP contribution >= 0.6 is 12.4 Å². The average molecular weight is 313 g/mol. The lowest BCUT2D eigenvalue weighted by atomic mass is 9.71. The number of allylic oxidation sites excluding steroid dienone is 2. The van der Waals surface area contributed by atoms with Crippen molar-refractivity contribution < 1.29 is 4.79 Å². The van der Waals surface area contributed by atoms with Crippen LogP contribution in [0.25, 0.3) is 0 Å². The lowest BCUT2D eigenvalue weighted by Gasteiger charge is -2.45. The van der Waals surface area contributed by atoms with E-state index in [2.05, 4.69) is 29.3 Å². The molecule has 4 heteroatoms. The van der Waals surface area contributed by atoms with E-state index in [-0.39, 0.29) is 18.3 Å². The van der Waals surface area contributed by atoms with Crippen molar-refractivity contribution in [1.29, 1.82) is 0 Å². The van der Waals surface area contributed by atoms with Crippen molar-refractivity contribution in [2.24, 2.45) is 11.3 Å². The van der Waals surface area contributed by atoms with Crippen molar-refractivity contribution >= 4 is 18.3 Å². The van der Waals surface area contributed by atoms with Gasteiger partial charge in [0.25, 0.3) is 0 Å². The first kappa shape index (κ1) is 16.8. The molecule has 1 N–H and O–H groups in total. The van der Waals surface area contributed by atoms with E-state index in [0.717, 1.165) is 32.5 Å². The van der Waals surface area contributed by atoms with Crippen molar-refractivity contribution in [1.82, 2.24) is 10.2 Å². The van der Waals surface area contributed by atoms with Gasteiger partial charge in [-0.15, -0.1) is 12.4 Å². The van der Waals surface area contributed by atoms with E-state index < -0.39 is 0 Å². The zero-order valence-electron chi connectivity index (χ0n) is 13.1. The minimum absolute atomic E-state index is 0. The summed E-state index contributed by atoms with van der Waals surface area (Å²) in [6, 6.07) is 0.495. The maximum atomic E-state index is 12.8. The summed E-state index contributed by atoms with van der Waals surface area (Å²) in [6.45, 7) is 5.19. The van der Waals surface area contributed by atoms with Crippen LogP contribution in [0.4, 0.5) is 0 Å². The Labute approximate surface area is 134 Å². The fourth-order valence-corrected chi connectivity index (χ4v) is 4.32. The van der Waals surface area contributed by atoms with Gasteiger partial charge in [0.2, 0.25) is 5.91 Å². The summed E-state index contributed by atoms with van der Waals surface area (Å²) in [6.07, 6.45) is 12.8. The van der Waals surface area contributed by atoms with Gasteiger partial charge in [-0.3, -0.25) is 4.79 Å². The molecule has 2 fully saturated rings. The molecule has 0 aromatic heterocycles. The SMILES string of the molecule is C[C@H]1C[C@@H](C(=O)N2CCCC3(CC=CCC3)C2)CCN1.Cl. The standard InChI is InChI=1S/C17H28N2O.ClH/c1-14-12-15(6-10-18-14)16(20)19-11-5-9-17(13-19)7-3-2-4-8-17;/h2-3,14-15,18H,4-13H2,1H3;1H/t14-,15-,17?;/m0./s1. The summed E-state index contributed by atoms with van der Waals surface area (Å²) >= 11 is 0. The number of halogens is 1. The second-order valence-corrected chi connectivity index (χ2v) is 7.15. The van der Waals surface area contributed by atoms with Crippen molar-refractivity contribution in [3.05, 3.63) is 12.2 Å². The summed E-state index contributed by atoms with van der Waals surface area (Å²) in [7, 11) is 0. The predicted molar refractivity (Wildman–Crippen MR) is 88.7 cm³/mol. The molecular weight excluding hydrogens is 284 g/mol. The van der Waals surface area contributed by atoms with Gasteiger partial charge < -0.3 is 10.2 Å². The first-order valence-corrected chi connectivity index (χ1v) is 8.36. The van der Waals surface area contributed by atoms with Crippen LogP contribution in [0.15, 0.2) is 12.2 Å². The lowest BCUT2D eigenvalue weighted by molar-refractivity contribution is -0.140. The van der Waals surface area contributed by atoms with E-state index in [0.29, 0.717) is 17.4 Å². The predicted octanol–water partition coefficient (Wildman–Crippen LogP) is 3.15. The summed E-state index contributed by atoms with van der Waals surface area (Å²) in [5.41, 5.74) is 0.404. The zero-order chi connectivity index (χ0) is 14.0. The van der Waals surface area contributed by atoms with Gasteiger partial charge in [-0.25, -0.2) is 0 Å². The van der Waals surface area contributed by atoms with Gasteiger partial charge in [0.05, 0.1) is 0 Å². The fraction of sp³-hybridized carbons (Fsp3) is 0.824. The van der Waals surface area contributed by atoms with Gasteiger partial charge in [-0.1, -0.05) is 12.2 Å². The Hall–Kier alpha value is -0.540. The summed E-state index contributed by atoms with van der Waals surface area (Å²) in [5, 5.41) is 3.45. The Morgan fingerprint density at radius 3 is 2.90 bits per heavy atom. The molecule has 1 spiro atoms. The Morgan fingerprint density at radius 2 is 2.19 bits per heavy atom. The maximum absolute atomic E-state index is 12.8. The van der Waals surface area contributed by atoms with Gasteiger partial charge in [0.1, 0.15) is 0 Å². The van der Waals surface area contributed by atoms with Gasteiger partial charge in [-0.2, -0.15) is 0 Å². The van der Waals surface area contributed by atoms with Crippen LogP contribution in [0.2, 0.25) is 0 Å². The first-order valence-electron chi connectivity index (χ1n) is 8.36. The molecule has 3 nitrogen and oxygen atoms in total. The molecule has 0 saturated carbocycles. The Bertz CT molecular complexity index is 398. The van der Waals surface area contributed by atoms with Crippen molar-refractivity contribution in [3.8, 4) is 0 Å². The van der Waals surface area contributed by atoms with Crippen LogP contribution in [0, 0.1) is 11.3 Å². The molecule has 0 aromatic rings. The molecule has 1 aliphatic carbocycles. The van der Waals surface area contributed by atoms with E-state index >= 15 is 0 Å². The van der Waals surface area contributed by atoms with Crippen LogP contribution in [0.5, 0.6) is 0 Å². The van der Waals surface area contributed by atoms with Gasteiger partial charge in [-0.05, 0) is 63.8 Å². The second kappa shape index (κ2) is 7.15. The summed E-state index contributed by atoms with van der Waals surface area (Å²) in [4.78, 5) is 15.0.